The van der Waals surface area contributed by atoms with Crippen LogP contribution in [0.1, 0.15) is 30.3 Å². The van der Waals surface area contributed by atoms with Crippen LogP contribution in [-0.2, 0) is 4.74 Å². The van der Waals surface area contributed by atoms with E-state index in [4.69, 9.17) is 9.47 Å². The van der Waals surface area contributed by atoms with Crippen molar-refractivity contribution >= 4 is 16.7 Å². The number of para-hydroxylation sites is 2. The lowest BCUT2D eigenvalue weighted by molar-refractivity contribution is 0.0490. The van der Waals surface area contributed by atoms with E-state index in [1.54, 1.807) is 24.4 Å². The quantitative estimate of drug-likeness (QED) is 0.522. The number of nitrogens with zero attached hydrogens (tertiary/aromatic N) is 1. The number of hydrogen-bond acceptors (Lipinski definition) is 5. The number of ether oxygens (including phenoxy) is 2. The lowest BCUT2D eigenvalue weighted by Crippen LogP contribution is -2.10. The number of pyridine rings is 1. The van der Waals surface area contributed by atoms with Crippen molar-refractivity contribution in [2.45, 2.75) is 19.8 Å². The van der Waals surface area contributed by atoms with Crippen molar-refractivity contribution in [1.29, 1.82) is 0 Å². The summed E-state index contributed by atoms with van der Waals surface area (Å²) in [6.45, 7) is 2.36. The number of phenols is 1. The summed E-state index contributed by atoms with van der Waals surface area (Å²) < 4.78 is 11.1. The van der Waals surface area contributed by atoms with Gasteiger partial charge in [-0.2, -0.15) is 0 Å². The third-order valence-corrected chi connectivity index (χ3v) is 3.75. The first-order valence-electron chi connectivity index (χ1n) is 8.21. The van der Waals surface area contributed by atoms with E-state index in [0.29, 0.717) is 6.61 Å². The first-order chi connectivity index (χ1) is 12.2. The molecule has 128 valence electrons. The predicted molar refractivity (Wildman–Crippen MR) is 95.1 cm³/mol. The van der Waals surface area contributed by atoms with Gasteiger partial charge in [-0.15, -0.1) is 0 Å². The molecule has 0 saturated heterocycles. The van der Waals surface area contributed by atoms with Crippen molar-refractivity contribution in [2.75, 3.05) is 6.61 Å². The van der Waals surface area contributed by atoms with Crippen molar-refractivity contribution in [3.05, 3.63) is 60.4 Å². The third kappa shape index (κ3) is 3.71. The molecule has 3 aromatic rings. The number of aromatic nitrogens is 1. The fourth-order valence-electron chi connectivity index (χ4n) is 2.42. The molecule has 0 aliphatic carbocycles. The zero-order valence-corrected chi connectivity index (χ0v) is 13.9. The molecule has 0 saturated carbocycles. The van der Waals surface area contributed by atoms with Gasteiger partial charge < -0.3 is 14.6 Å². The zero-order valence-electron chi connectivity index (χ0n) is 13.9. The molecule has 25 heavy (non-hydrogen) atoms. The van der Waals surface area contributed by atoms with Crippen molar-refractivity contribution in [3.8, 4) is 17.2 Å². The summed E-state index contributed by atoms with van der Waals surface area (Å²) in [5, 5.41) is 11.5. The number of aromatic hydroxyl groups is 1. The van der Waals surface area contributed by atoms with Gasteiger partial charge in [0.1, 0.15) is 0 Å². The van der Waals surface area contributed by atoms with E-state index in [2.05, 4.69) is 4.98 Å². The summed E-state index contributed by atoms with van der Waals surface area (Å²) in [6, 6.07) is 14.0. The van der Waals surface area contributed by atoms with Crippen LogP contribution in [0.5, 0.6) is 17.2 Å². The number of phenolic OH excluding ortho intramolecular Hbond substituents is 1. The monoisotopic (exact) mass is 337 g/mol. The second kappa shape index (κ2) is 7.66. The van der Waals surface area contributed by atoms with Gasteiger partial charge in [0.05, 0.1) is 6.61 Å². The largest absolute Gasteiger partial charge is 0.504 e. The molecule has 0 bridgehead atoms. The molecule has 3 rings (SSSR count). The number of fused-ring (bicyclic) bond motifs is 1. The van der Waals surface area contributed by atoms with Gasteiger partial charge >= 0.3 is 5.97 Å². The summed E-state index contributed by atoms with van der Waals surface area (Å²) >= 11 is 0. The minimum atomic E-state index is -0.537. The van der Waals surface area contributed by atoms with E-state index in [-0.39, 0.29) is 22.9 Å². The molecule has 0 radical (unpaired) electrons. The molecular weight excluding hydrogens is 318 g/mol. The second-order valence-corrected chi connectivity index (χ2v) is 5.58. The minimum Gasteiger partial charge on any atom is -0.504 e. The van der Waals surface area contributed by atoms with E-state index in [0.717, 1.165) is 23.6 Å². The fourth-order valence-corrected chi connectivity index (χ4v) is 2.42. The van der Waals surface area contributed by atoms with E-state index in [1.165, 1.54) is 6.07 Å². The molecule has 1 heterocycles. The van der Waals surface area contributed by atoms with Crippen molar-refractivity contribution in [1.82, 2.24) is 4.98 Å². The second-order valence-electron chi connectivity index (χ2n) is 5.58. The summed E-state index contributed by atoms with van der Waals surface area (Å²) in [5.74, 6) is -0.0188. The summed E-state index contributed by atoms with van der Waals surface area (Å²) in [5.41, 5.74) is 0.0954. The molecule has 2 aromatic carbocycles. The summed E-state index contributed by atoms with van der Waals surface area (Å²) in [4.78, 5) is 16.7. The molecule has 5 heteroatoms. The highest BCUT2D eigenvalue weighted by atomic mass is 16.5. The molecule has 0 spiro atoms. The first kappa shape index (κ1) is 16.8. The fraction of sp³-hybridized carbons (Fsp3) is 0.200. The number of esters is 1. The Kier molecular flexibility index (Phi) is 5.14. The Balaban J connectivity index is 2.04. The molecule has 1 N–H and O–H groups in total. The Morgan fingerprint density at radius 1 is 1.12 bits per heavy atom. The van der Waals surface area contributed by atoms with Gasteiger partial charge in [0.25, 0.3) is 0 Å². The lowest BCUT2D eigenvalue weighted by Gasteiger charge is -2.13. The van der Waals surface area contributed by atoms with Gasteiger partial charge in [-0.3, -0.25) is 0 Å². The van der Waals surface area contributed by atoms with E-state index >= 15 is 0 Å². The average Bonchev–Trinajstić information content (AvgIpc) is 2.64. The Labute approximate surface area is 145 Å². The standard InChI is InChI=1S/C20H19NO4/c1-2-3-12-24-20(23)18-19(25-17-11-7-6-10-16(17)22)15-9-5-4-8-14(15)13-21-18/h4-11,13,22H,2-3,12H2,1H3. The van der Waals surface area contributed by atoms with Crippen LogP contribution in [0.4, 0.5) is 0 Å². The van der Waals surface area contributed by atoms with Gasteiger partial charge in [0, 0.05) is 17.0 Å². The molecule has 5 nitrogen and oxygen atoms in total. The van der Waals surface area contributed by atoms with Gasteiger partial charge in [-0.1, -0.05) is 49.7 Å². The number of benzene rings is 2. The molecule has 0 unspecified atom stereocenters. The van der Waals surface area contributed by atoms with Crippen molar-refractivity contribution in [2.24, 2.45) is 0 Å². The highest BCUT2D eigenvalue weighted by molar-refractivity contribution is 5.99. The van der Waals surface area contributed by atoms with Crippen LogP contribution in [0, 0.1) is 0 Å². The number of unbranched alkanes of at least 4 members (excludes halogenated alkanes) is 1. The maximum atomic E-state index is 12.4. The predicted octanol–water partition coefficient (Wildman–Crippen LogP) is 4.69. The maximum absolute atomic E-state index is 12.4. The highest BCUT2D eigenvalue weighted by Gasteiger charge is 2.20. The number of rotatable bonds is 6. The van der Waals surface area contributed by atoms with Crippen LogP contribution in [0.3, 0.4) is 0 Å². The van der Waals surface area contributed by atoms with Gasteiger partial charge in [0.2, 0.25) is 0 Å². The highest BCUT2D eigenvalue weighted by Crippen LogP contribution is 2.36. The molecule has 0 atom stereocenters. The SMILES string of the molecule is CCCCOC(=O)c1ncc2ccccc2c1Oc1ccccc1O. The molecule has 0 fully saturated rings. The number of carbonyl (C=O) groups is 1. The van der Waals surface area contributed by atoms with E-state index in [1.807, 2.05) is 31.2 Å². The Bertz CT molecular complexity index is 892. The lowest BCUT2D eigenvalue weighted by atomic mass is 10.1. The van der Waals surface area contributed by atoms with Crippen molar-refractivity contribution < 1.29 is 19.4 Å². The van der Waals surface area contributed by atoms with Gasteiger partial charge in [-0.05, 0) is 18.6 Å². The van der Waals surface area contributed by atoms with Crippen LogP contribution < -0.4 is 4.74 Å². The first-order valence-corrected chi connectivity index (χ1v) is 8.21. The molecule has 0 aliphatic rings. The number of hydrogen-bond donors (Lipinski definition) is 1. The van der Waals surface area contributed by atoms with Crippen LogP contribution >= 0.6 is 0 Å². The zero-order chi connectivity index (χ0) is 17.6. The Hall–Kier alpha value is -3.08. The third-order valence-electron chi connectivity index (χ3n) is 3.75. The normalized spacial score (nSPS) is 10.6. The molecular formula is C20H19NO4. The van der Waals surface area contributed by atoms with Crippen molar-refractivity contribution in [3.63, 3.8) is 0 Å². The topological polar surface area (TPSA) is 68.7 Å². The maximum Gasteiger partial charge on any atom is 0.360 e. The Morgan fingerprint density at radius 3 is 2.68 bits per heavy atom. The molecule has 0 aliphatic heterocycles. The Morgan fingerprint density at radius 2 is 1.88 bits per heavy atom. The van der Waals surface area contributed by atoms with E-state index < -0.39 is 5.97 Å². The number of carbonyl (C=O) groups excluding carboxylic acids is 1. The average molecular weight is 337 g/mol. The summed E-state index contributed by atoms with van der Waals surface area (Å²) in [6.07, 6.45) is 3.33. The minimum absolute atomic E-state index is 0.0132. The smallest absolute Gasteiger partial charge is 0.360 e. The van der Waals surface area contributed by atoms with Gasteiger partial charge in [0.15, 0.2) is 22.9 Å². The van der Waals surface area contributed by atoms with Crippen LogP contribution in [-0.4, -0.2) is 22.7 Å². The van der Waals surface area contributed by atoms with Crippen LogP contribution in [0.15, 0.2) is 54.7 Å². The van der Waals surface area contributed by atoms with Crippen LogP contribution in [0.2, 0.25) is 0 Å². The molecule has 1 aromatic heterocycles. The summed E-state index contributed by atoms with van der Waals surface area (Å²) in [7, 11) is 0. The van der Waals surface area contributed by atoms with Gasteiger partial charge in [-0.25, -0.2) is 9.78 Å². The van der Waals surface area contributed by atoms with E-state index in [9.17, 15) is 9.90 Å². The molecule has 0 amide bonds. The van der Waals surface area contributed by atoms with Crippen LogP contribution in [0.25, 0.3) is 10.8 Å².